The maximum Gasteiger partial charge on any atom is 0.225 e. The predicted molar refractivity (Wildman–Crippen MR) is 80.9 cm³/mol. The Labute approximate surface area is 124 Å². The molecule has 1 aromatic rings. The summed E-state index contributed by atoms with van der Waals surface area (Å²) in [6.45, 7) is 7.26. The first-order valence-corrected chi connectivity index (χ1v) is 8.07. The largest absolute Gasteiger partial charge is 0.396 e. The lowest BCUT2D eigenvalue weighted by atomic mass is 9.99. The van der Waals surface area contributed by atoms with Crippen molar-refractivity contribution < 1.29 is 9.90 Å². The molecule has 1 N–H and O–H groups in total. The highest BCUT2D eigenvalue weighted by molar-refractivity contribution is 7.14. The minimum absolute atomic E-state index is 0.0340. The highest BCUT2D eigenvalue weighted by Crippen LogP contribution is 2.23. The van der Waals surface area contributed by atoms with E-state index in [9.17, 15) is 9.90 Å². The summed E-state index contributed by atoms with van der Waals surface area (Å²) in [6, 6.07) is 0. The smallest absolute Gasteiger partial charge is 0.225 e. The van der Waals surface area contributed by atoms with Crippen LogP contribution in [0.5, 0.6) is 0 Å². The fourth-order valence-electron chi connectivity index (χ4n) is 2.66. The third-order valence-electron chi connectivity index (χ3n) is 3.71. The van der Waals surface area contributed by atoms with Crippen molar-refractivity contribution in [2.24, 2.45) is 5.92 Å². The van der Waals surface area contributed by atoms with Gasteiger partial charge in [0.1, 0.15) is 0 Å². The molecule has 0 radical (unpaired) electrons. The Balaban J connectivity index is 1.97. The molecule has 1 amide bonds. The molecule has 1 aliphatic heterocycles. The number of likely N-dealkylation sites (tertiary alicyclic amines) is 1. The number of hydrogen-bond donors (Lipinski definition) is 1. The third kappa shape index (κ3) is 3.77. The number of aliphatic hydroxyl groups excluding tert-OH is 1. The second-order valence-corrected chi connectivity index (χ2v) is 6.15. The van der Waals surface area contributed by atoms with E-state index in [0.717, 1.165) is 43.3 Å². The monoisotopic (exact) mass is 297 g/mol. The van der Waals surface area contributed by atoms with E-state index in [1.165, 1.54) is 11.3 Å². The van der Waals surface area contributed by atoms with Gasteiger partial charge in [0, 0.05) is 38.5 Å². The second kappa shape index (κ2) is 7.15. The molecule has 0 aromatic carbocycles. The van der Waals surface area contributed by atoms with E-state index in [1.54, 1.807) is 11.8 Å². The molecule has 1 atom stereocenters. The molecule has 5 nitrogen and oxygen atoms in total. The standard InChI is InChI=1S/C14H23N3O2S/c1-3-17(11(2)19)14-15-13(10-20-14)8-16-6-4-5-12(7-16)9-18/h10,12,18H,3-9H2,1-2H3. The van der Waals surface area contributed by atoms with Crippen LogP contribution < -0.4 is 4.90 Å². The van der Waals surface area contributed by atoms with E-state index < -0.39 is 0 Å². The van der Waals surface area contributed by atoms with Gasteiger partial charge in [-0.25, -0.2) is 4.98 Å². The van der Waals surface area contributed by atoms with Gasteiger partial charge in [-0.15, -0.1) is 11.3 Å². The molecule has 6 heteroatoms. The number of carbonyl (C=O) groups is 1. The van der Waals surface area contributed by atoms with Crippen molar-refractivity contribution in [1.82, 2.24) is 9.88 Å². The lowest BCUT2D eigenvalue weighted by molar-refractivity contribution is -0.116. The Morgan fingerprint density at radius 1 is 1.65 bits per heavy atom. The molecule has 1 fully saturated rings. The van der Waals surface area contributed by atoms with Crippen LogP contribution in [0.2, 0.25) is 0 Å². The van der Waals surface area contributed by atoms with E-state index >= 15 is 0 Å². The van der Waals surface area contributed by atoms with Crippen LogP contribution in [0.3, 0.4) is 0 Å². The zero-order valence-electron chi connectivity index (χ0n) is 12.2. The number of piperidine rings is 1. The molecule has 2 heterocycles. The van der Waals surface area contributed by atoms with Crippen LogP contribution in [-0.4, -0.2) is 47.1 Å². The Hall–Kier alpha value is -0.980. The Bertz CT molecular complexity index is 449. The van der Waals surface area contributed by atoms with E-state index in [0.29, 0.717) is 12.5 Å². The van der Waals surface area contributed by atoms with Crippen molar-refractivity contribution in [2.75, 3.05) is 31.1 Å². The molecule has 0 aliphatic carbocycles. The molecule has 1 aromatic heterocycles. The lowest BCUT2D eigenvalue weighted by Crippen LogP contribution is -2.36. The van der Waals surface area contributed by atoms with Crippen LogP contribution in [0.15, 0.2) is 5.38 Å². The number of rotatable bonds is 5. The molecule has 20 heavy (non-hydrogen) atoms. The molecule has 1 aliphatic rings. The summed E-state index contributed by atoms with van der Waals surface area (Å²) in [5.41, 5.74) is 1.02. The van der Waals surface area contributed by atoms with Gasteiger partial charge in [-0.1, -0.05) is 0 Å². The lowest BCUT2D eigenvalue weighted by Gasteiger charge is -2.31. The minimum Gasteiger partial charge on any atom is -0.396 e. The van der Waals surface area contributed by atoms with Gasteiger partial charge in [0.05, 0.1) is 5.69 Å². The number of amides is 1. The number of nitrogens with zero attached hydrogens (tertiary/aromatic N) is 3. The summed E-state index contributed by atoms with van der Waals surface area (Å²) in [5, 5.41) is 12.1. The molecular formula is C14H23N3O2S. The summed E-state index contributed by atoms with van der Waals surface area (Å²) >= 11 is 1.52. The Kier molecular flexibility index (Phi) is 5.51. The van der Waals surface area contributed by atoms with E-state index in [4.69, 9.17) is 0 Å². The Morgan fingerprint density at radius 2 is 2.45 bits per heavy atom. The van der Waals surface area contributed by atoms with Crippen molar-refractivity contribution >= 4 is 22.4 Å². The van der Waals surface area contributed by atoms with Gasteiger partial charge >= 0.3 is 0 Å². The van der Waals surface area contributed by atoms with Crippen molar-refractivity contribution in [2.45, 2.75) is 33.2 Å². The van der Waals surface area contributed by atoms with Gasteiger partial charge in [0.15, 0.2) is 5.13 Å². The summed E-state index contributed by atoms with van der Waals surface area (Å²) in [5.74, 6) is 0.429. The van der Waals surface area contributed by atoms with Gasteiger partial charge in [0.25, 0.3) is 0 Å². The highest BCUT2D eigenvalue weighted by atomic mass is 32.1. The van der Waals surface area contributed by atoms with Crippen LogP contribution in [0.4, 0.5) is 5.13 Å². The van der Waals surface area contributed by atoms with Crippen LogP contribution in [0, 0.1) is 5.92 Å². The number of hydrogen-bond acceptors (Lipinski definition) is 5. The van der Waals surface area contributed by atoms with Gasteiger partial charge in [-0.2, -0.15) is 0 Å². The number of anilines is 1. The summed E-state index contributed by atoms with van der Waals surface area (Å²) in [4.78, 5) is 20.1. The van der Waals surface area contributed by atoms with Gasteiger partial charge in [-0.3, -0.25) is 14.6 Å². The zero-order chi connectivity index (χ0) is 14.5. The predicted octanol–water partition coefficient (Wildman–Crippen LogP) is 1.72. The average Bonchev–Trinajstić information content (AvgIpc) is 2.87. The normalized spacial score (nSPS) is 20.1. The van der Waals surface area contributed by atoms with E-state index in [-0.39, 0.29) is 12.5 Å². The first-order valence-electron chi connectivity index (χ1n) is 7.19. The van der Waals surface area contributed by atoms with Crippen LogP contribution in [0.1, 0.15) is 32.4 Å². The molecule has 1 unspecified atom stereocenters. The number of aliphatic hydroxyl groups is 1. The van der Waals surface area contributed by atoms with Gasteiger partial charge < -0.3 is 5.11 Å². The maximum absolute atomic E-state index is 11.5. The zero-order valence-corrected chi connectivity index (χ0v) is 13.0. The quantitative estimate of drug-likeness (QED) is 0.899. The van der Waals surface area contributed by atoms with Crippen molar-refractivity contribution in [3.8, 4) is 0 Å². The fourth-order valence-corrected chi connectivity index (χ4v) is 3.58. The van der Waals surface area contributed by atoms with Crippen LogP contribution in [0.25, 0.3) is 0 Å². The first kappa shape index (κ1) is 15.4. The third-order valence-corrected chi connectivity index (χ3v) is 4.63. The van der Waals surface area contributed by atoms with Crippen molar-refractivity contribution in [3.63, 3.8) is 0 Å². The SMILES string of the molecule is CCN(C(C)=O)c1nc(CN2CCCC(CO)C2)cs1. The summed E-state index contributed by atoms with van der Waals surface area (Å²) in [7, 11) is 0. The maximum atomic E-state index is 11.5. The van der Waals surface area contributed by atoms with E-state index in [1.807, 2.05) is 12.3 Å². The average molecular weight is 297 g/mol. The van der Waals surface area contributed by atoms with Crippen molar-refractivity contribution in [3.05, 3.63) is 11.1 Å². The molecule has 2 rings (SSSR count). The second-order valence-electron chi connectivity index (χ2n) is 5.31. The topological polar surface area (TPSA) is 56.7 Å². The van der Waals surface area contributed by atoms with E-state index in [2.05, 4.69) is 9.88 Å². The van der Waals surface area contributed by atoms with Crippen molar-refractivity contribution in [1.29, 1.82) is 0 Å². The fraction of sp³-hybridized carbons (Fsp3) is 0.714. The number of thiazole rings is 1. The first-order chi connectivity index (χ1) is 9.63. The molecule has 0 saturated carbocycles. The molecule has 112 valence electrons. The minimum atomic E-state index is 0.0340. The van der Waals surface area contributed by atoms with Crippen LogP contribution >= 0.6 is 11.3 Å². The summed E-state index contributed by atoms with van der Waals surface area (Å²) in [6.07, 6.45) is 2.25. The number of carbonyl (C=O) groups excluding carboxylic acids is 1. The highest BCUT2D eigenvalue weighted by Gasteiger charge is 2.20. The number of aromatic nitrogens is 1. The summed E-state index contributed by atoms with van der Waals surface area (Å²) < 4.78 is 0. The molecule has 0 bridgehead atoms. The van der Waals surface area contributed by atoms with Gasteiger partial charge in [0.2, 0.25) is 5.91 Å². The molecular weight excluding hydrogens is 274 g/mol. The Morgan fingerprint density at radius 3 is 3.10 bits per heavy atom. The molecule has 0 spiro atoms. The van der Waals surface area contributed by atoms with Crippen LogP contribution in [-0.2, 0) is 11.3 Å². The van der Waals surface area contributed by atoms with Gasteiger partial charge in [-0.05, 0) is 32.2 Å². The molecule has 1 saturated heterocycles.